The molecule has 0 bridgehead atoms. The van der Waals surface area contributed by atoms with Crippen LogP contribution in [0, 0.1) is 0 Å². The first-order valence-electron chi connectivity index (χ1n) is 6.24. The standard InChI is InChI=1S/C14H18N4O.2ClH/c1-11(15-2)9-17-14(19)12-4-3-5-13(8-12)18-7-6-16-10-18;;/h3-8,10-11,15H,9H2,1-2H3,(H,17,19);2*1H. The molecule has 1 unspecified atom stereocenters. The number of carbonyl (C=O) groups is 1. The molecule has 0 radical (unpaired) electrons. The number of nitrogens with zero attached hydrogens (tertiary/aromatic N) is 2. The molecule has 5 nitrogen and oxygen atoms in total. The number of hydrogen-bond donors (Lipinski definition) is 2. The third-order valence-electron chi connectivity index (χ3n) is 2.97. The maximum Gasteiger partial charge on any atom is 0.251 e. The van der Waals surface area contributed by atoms with Crippen molar-refractivity contribution in [1.82, 2.24) is 20.2 Å². The van der Waals surface area contributed by atoms with Crippen molar-refractivity contribution >= 4 is 30.7 Å². The summed E-state index contributed by atoms with van der Waals surface area (Å²) in [4.78, 5) is 16.0. The minimum atomic E-state index is -0.0657. The van der Waals surface area contributed by atoms with E-state index in [0.717, 1.165) is 5.69 Å². The highest BCUT2D eigenvalue weighted by molar-refractivity contribution is 5.94. The van der Waals surface area contributed by atoms with Crippen LogP contribution in [0.25, 0.3) is 5.69 Å². The molecule has 1 amide bonds. The summed E-state index contributed by atoms with van der Waals surface area (Å²) in [7, 11) is 1.87. The Morgan fingerprint density at radius 1 is 1.38 bits per heavy atom. The van der Waals surface area contributed by atoms with Crippen molar-refractivity contribution < 1.29 is 4.79 Å². The molecule has 116 valence electrons. The van der Waals surface area contributed by atoms with Crippen molar-refractivity contribution in [2.45, 2.75) is 13.0 Å². The maximum atomic E-state index is 12.0. The molecule has 0 aliphatic rings. The molecule has 1 atom stereocenters. The number of carbonyl (C=O) groups excluding carboxylic acids is 1. The number of likely N-dealkylation sites (N-methyl/N-ethyl adjacent to an activating group) is 1. The minimum absolute atomic E-state index is 0. The highest BCUT2D eigenvalue weighted by Crippen LogP contribution is 2.10. The lowest BCUT2D eigenvalue weighted by molar-refractivity contribution is 0.0950. The summed E-state index contributed by atoms with van der Waals surface area (Å²) in [5.74, 6) is -0.0657. The van der Waals surface area contributed by atoms with Crippen molar-refractivity contribution in [1.29, 1.82) is 0 Å². The number of nitrogens with one attached hydrogen (secondary N) is 2. The van der Waals surface area contributed by atoms with Gasteiger partial charge in [-0.05, 0) is 32.2 Å². The number of halogens is 2. The van der Waals surface area contributed by atoms with Gasteiger partial charge in [-0.2, -0.15) is 0 Å². The van der Waals surface area contributed by atoms with Crippen LogP contribution < -0.4 is 10.6 Å². The number of rotatable bonds is 5. The van der Waals surface area contributed by atoms with Gasteiger partial charge in [0.2, 0.25) is 0 Å². The van der Waals surface area contributed by atoms with Gasteiger partial charge in [0, 0.05) is 36.2 Å². The van der Waals surface area contributed by atoms with Crippen molar-refractivity contribution in [2.24, 2.45) is 0 Å². The monoisotopic (exact) mass is 330 g/mol. The molecule has 0 fully saturated rings. The second-order valence-electron chi connectivity index (χ2n) is 4.42. The smallest absolute Gasteiger partial charge is 0.251 e. The summed E-state index contributed by atoms with van der Waals surface area (Å²) >= 11 is 0. The first kappa shape index (κ1) is 19.4. The maximum absolute atomic E-state index is 12.0. The van der Waals surface area contributed by atoms with E-state index >= 15 is 0 Å². The lowest BCUT2D eigenvalue weighted by atomic mass is 10.2. The van der Waals surface area contributed by atoms with Gasteiger partial charge in [-0.1, -0.05) is 6.07 Å². The molecular weight excluding hydrogens is 311 g/mol. The van der Waals surface area contributed by atoms with Gasteiger partial charge in [-0.3, -0.25) is 4.79 Å². The Hall–Kier alpha value is -1.56. The van der Waals surface area contributed by atoms with Gasteiger partial charge >= 0.3 is 0 Å². The van der Waals surface area contributed by atoms with Crippen LogP contribution in [-0.2, 0) is 0 Å². The first-order chi connectivity index (χ1) is 9.20. The highest BCUT2D eigenvalue weighted by atomic mass is 35.5. The van der Waals surface area contributed by atoms with Gasteiger partial charge in [-0.25, -0.2) is 4.98 Å². The molecule has 1 heterocycles. The Morgan fingerprint density at radius 2 is 2.14 bits per heavy atom. The van der Waals surface area contributed by atoms with Crippen LogP contribution in [0.4, 0.5) is 0 Å². The number of aromatic nitrogens is 2. The average Bonchev–Trinajstić information content (AvgIpc) is 2.98. The van der Waals surface area contributed by atoms with E-state index in [4.69, 9.17) is 0 Å². The van der Waals surface area contributed by atoms with E-state index in [0.29, 0.717) is 12.1 Å². The van der Waals surface area contributed by atoms with Crippen LogP contribution in [0.1, 0.15) is 17.3 Å². The Balaban J connectivity index is 0.00000200. The quantitative estimate of drug-likeness (QED) is 0.882. The van der Waals surface area contributed by atoms with Crippen LogP contribution >= 0.6 is 24.8 Å². The zero-order valence-electron chi connectivity index (χ0n) is 11.9. The first-order valence-corrected chi connectivity index (χ1v) is 6.24. The highest BCUT2D eigenvalue weighted by Gasteiger charge is 2.07. The number of amides is 1. The summed E-state index contributed by atoms with van der Waals surface area (Å²) in [5, 5.41) is 5.97. The second-order valence-corrected chi connectivity index (χ2v) is 4.42. The Morgan fingerprint density at radius 3 is 2.76 bits per heavy atom. The van der Waals surface area contributed by atoms with Gasteiger partial charge in [0.1, 0.15) is 0 Å². The number of hydrogen-bond acceptors (Lipinski definition) is 3. The summed E-state index contributed by atoms with van der Waals surface area (Å²) in [6.07, 6.45) is 5.27. The van der Waals surface area contributed by atoms with Crippen LogP contribution in [0.5, 0.6) is 0 Å². The van der Waals surface area contributed by atoms with E-state index in [2.05, 4.69) is 15.6 Å². The largest absolute Gasteiger partial charge is 0.350 e. The Labute approximate surface area is 137 Å². The molecule has 1 aromatic carbocycles. The van der Waals surface area contributed by atoms with E-state index in [-0.39, 0.29) is 36.8 Å². The third-order valence-corrected chi connectivity index (χ3v) is 2.97. The van der Waals surface area contributed by atoms with E-state index in [9.17, 15) is 4.79 Å². The third kappa shape index (κ3) is 5.38. The SMILES string of the molecule is CNC(C)CNC(=O)c1cccc(-n2ccnc2)c1.Cl.Cl. The molecule has 2 N–H and O–H groups in total. The zero-order valence-corrected chi connectivity index (χ0v) is 13.6. The predicted octanol–water partition coefficient (Wildman–Crippen LogP) is 2.05. The topological polar surface area (TPSA) is 58.9 Å². The van der Waals surface area contributed by atoms with E-state index < -0.39 is 0 Å². The Kier molecular flexibility index (Phi) is 8.69. The fourth-order valence-corrected chi connectivity index (χ4v) is 1.67. The lowest BCUT2D eigenvalue weighted by Crippen LogP contribution is -2.37. The lowest BCUT2D eigenvalue weighted by Gasteiger charge is -2.12. The molecule has 2 aromatic rings. The van der Waals surface area contributed by atoms with Crippen molar-refractivity contribution in [2.75, 3.05) is 13.6 Å². The molecule has 0 aliphatic carbocycles. The second kappa shape index (κ2) is 9.39. The van der Waals surface area contributed by atoms with Gasteiger partial charge in [0.05, 0.1) is 6.33 Å². The van der Waals surface area contributed by atoms with Gasteiger partial charge in [0.25, 0.3) is 5.91 Å². The van der Waals surface area contributed by atoms with Crippen molar-refractivity contribution in [3.63, 3.8) is 0 Å². The fourth-order valence-electron chi connectivity index (χ4n) is 1.67. The molecule has 21 heavy (non-hydrogen) atoms. The Bertz CT molecular complexity index is 546. The molecule has 0 saturated heterocycles. The number of benzene rings is 1. The molecule has 2 rings (SSSR count). The van der Waals surface area contributed by atoms with Crippen LogP contribution in [0.15, 0.2) is 43.0 Å². The molecule has 0 aliphatic heterocycles. The van der Waals surface area contributed by atoms with Crippen molar-refractivity contribution in [3.8, 4) is 5.69 Å². The predicted molar refractivity (Wildman–Crippen MR) is 88.9 cm³/mol. The molecular formula is C14H20Cl2N4O. The average molecular weight is 331 g/mol. The summed E-state index contributed by atoms with van der Waals surface area (Å²) < 4.78 is 1.87. The van der Waals surface area contributed by atoms with Gasteiger partial charge in [-0.15, -0.1) is 24.8 Å². The van der Waals surface area contributed by atoms with Crippen LogP contribution in [-0.4, -0.2) is 35.1 Å². The molecule has 0 saturated carbocycles. The molecule has 7 heteroatoms. The van der Waals surface area contributed by atoms with Gasteiger partial charge in [0.15, 0.2) is 0 Å². The normalized spacial score (nSPS) is 11.0. The van der Waals surface area contributed by atoms with Crippen LogP contribution in [0.2, 0.25) is 0 Å². The zero-order chi connectivity index (χ0) is 13.7. The summed E-state index contributed by atoms with van der Waals surface area (Å²) in [6.45, 7) is 2.62. The van der Waals surface area contributed by atoms with Crippen LogP contribution in [0.3, 0.4) is 0 Å². The van der Waals surface area contributed by atoms with Crippen molar-refractivity contribution in [3.05, 3.63) is 48.5 Å². The molecule has 0 spiro atoms. The van der Waals surface area contributed by atoms with E-state index in [1.54, 1.807) is 18.6 Å². The summed E-state index contributed by atoms with van der Waals surface area (Å²) in [6, 6.07) is 7.71. The molecule has 1 aromatic heterocycles. The van der Waals surface area contributed by atoms with Gasteiger partial charge < -0.3 is 15.2 Å². The fraction of sp³-hybridized carbons (Fsp3) is 0.286. The number of imidazole rings is 1. The van der Waals surface area contributed by atoms with E-state index in [1.807, 2.05) is 42.9 Å². The summed E-state index contributed by atoms with van der Waals surface area (Å²) in [5.41, 5.74) is 1.57. The minimum Gasteiger partial charge on any atom is -0.350 e. The van der Waals surface area contributed by atoms with E-state index in [1.165, 1.54) is 0 Å².